The first-order valence-corrected chi connectivity index (χ1v) is 10.2. The smallest absolute Gasteiger partial charge is 0.356 e. The van der Waals surface area contributed by atoms with Gasteiger partial charge in [-0.15, -0.1) is 0 Å². The van der Waals surface area contributed by atoms with Gasteiger partial charge in [0.2, 0.25) is 5.91 Å². The fourth-order valence-electron chi connectivity index (χ4n) is 4.90. The molecule has 156 valence electrons. The monoisotopic (exact) mass is 397 g/mol. The van der Waals surface area contributed by atoms with Crippen LogP contribution in [0, 0.1) is 17.8 Å². The van der Waals surface area contributed by atoms with Crippen molar-refractivity contribution in [3.8, 4) is 0 Å². The summed E-state index contributed by atoms with van der Waals surface area (Å²) < 4.78 is 38.6. The first-order chi connectivity index (χ1) is 13.3. The molecule has 0 radical (unpaired) electrons. The van der Waals surface area contributed by atoms with Gasteiger partial charge in [-0.2, -0.15) is 13.2 Å². The molecule has 3 N–H and O–H groups in total. The van der Waals surface area contributed by atoms with Gasteiger partial charge in [0.15, 0.2) is 0 Å². The summed E-state index contributed by atoms with van der Waals surface area (Å²) in [4.78, 5) is 14.8. The van der Waals surface area contributed by atoms with Crippen LogP contribution in [0.2, 0.25) is 0 Å². The van der Waals surface area contributed by atoms with Crippen molar-refractivity contribution in [2.45, 2.75) is 44.3 Å². The zero-order valence-electron chi connectivity index (χ0n) is 16.3. The van der Waals surface area contributed by atoms with E-state index in [9.17, 15) is 18.0 Å². The molecule has 0 bridgehead atoms. The summed E-state index contributed by atoms with van der Waals surface area (Å²) in [6.07, 6.45) is 0.575. The van der Waals surface area contributed by atoms with Gasteiger partial charge in [-0.05, 0) is 75.4 Å². The Morgan fingerprint density at radius 2 is 1.82 bits per heavy atom. The van der Waals surface area contributed by atoms with Crippen molar-refractivity contribution in [2.75, 3.05) is 26.7 Å². The fourth-order valence-corrected chi connectivity index (χ4v) is 4.90. The summed E-state index contributed by atoms with van der Waals surface area (Å²) >= 11 is 0. The third-order valence-corrected chi connectivity index (χ3v) is 6.42. The Morgan fingerprint density at radius 1 is 1.14 bits per heavy atom. The van der Waals surface area contributed by atoms with Crippen molar-refractivity contribution >= 4 is 5.91 Å². The van der Waals surface area contributed by atoms with Crippen molar-refractivity contribution < 1.29 is 18.0 Å². The van der Waals surface area contributed by atoms with E-state index in [1.165, 1.54) is 0 Å². The quantitative estimate of drug-likeness (QED) is 0.799. The number of amides is 1. The van der Waals surface area contributed by atoms with Gasteiger partial charge in [-0.1, -0.05) is 18.6 Å². The summed E-state index contributed by atoms with van der Waals surface area (Å²) in [5, 5.41) is 3.11. The number of carbonyl (C=O) groups excluding carboxylic acids is 1. The number of nitrogens with zero attached hydrogens (tertiary/aromatic N) is 1. The van der Waals surface area contributed by atoms with Crippen LogP contribution in [0.4, 0.5) is 13.2 Å². The number of nitrogens with two attached hydrogens (primary N) is 1. The lowest BCUT2D eigenvalue weighted by atomic mass is 9.84. The molecule has 1 heterocycles. The Balaban J connectivity index is 1.68. The Labute approximate surface area is 164 Å². The summed E-state index contributed by atoms with van der Waals surface area (Å²) in [5.74, 6) is 0.514. The molecule has 1 aromatic carbocycles. The van der Waals surface area contributed by atoms with E-state index in [1.807, 2.05) is 7.05 Å². The Bertz CT molecular complexity index is 662. The van der Waals surface area contributed by atoms with Gasteiger partial charge in [-0.3, -0.25) is 9.69 Å². The lowest BCUT2D eigenvalue weighted by Crippen LogP contribution is -2.43. The number of piperidine rings is 1. The lowest BCUT2D eigenvalue weighted by Gasteiger charge is -2.40. The molecule has 0 aromatic heterocycles. The molecular formula is C21H30F3N3O. The molecule has 1 aromatic rings. The van der Waals surface area contributed by atoms with Crippen molar-refractivity contribution in [2.24, 2.45) is 23.5 Å². The average molecular weight is 397 g/mol. The van der Waals surface area contributed by atoms with Crippen LogP contribution in [-0.4, -0.2) is 37.5 Å². The molecule has 1 saturated carbocycles. The summed E-state index contributed by atoms with van der Waals surface area (Å²) in [6.45, 7) is 1.98. The molecule has 2 unspecified atom stereocenters. The zero-order chi connectivity index (χ0) is 20.3. The normalized spacial score (nSPS) is 29.0. The summed E-state index contributed by atoms with van der Waals surface area (Å²) in [6, 6.07) is 5.46. The van der Waals surface area contributed by atoms with Crippen molar-refractivity contribution in [3.63, 3.8) is 0 Å². The van der Waals surface area contributed by atoms with Crippen LogP contribution >= 0.6 is 0 Å². The van der Waals surface area contributed by atoms with Gasteiger partial charge in [0.05, 0.1) is 5.56 Å². The maximum atomic E-state index is 12.9. The highest BCUT2D eigenvalue weighted by Crippen LogP contribution is 2.37. The van der Waals surface area contributed by atoms with Crippen LogP contribution in [0.5, 0.6) is 0 Å². The lowest BCUT2D eigenvalue weighted by molar-refractivity contribution is -0.137. The van der Waals surface area contributed by atoms with Crippen LogP contribution < -0.4 is 11.1 Å². The van der Waals surface area contributed by atoms with Crippen molar-refractivity contribution in [1.82, 2.24) is 10.2 Å². The fraction of sp³-hybridized carbons (Fsp3) is 0.667. The number of likely N-dealkylation sites (tertiary alicyclic amines) is 1. The third kappa shape index (κ3) is 4.69. The number of halogens is 3. The molecule has 2 fully saturated rings. The standard InChI is InChI=1S/C21H30F3N3O/c1-27-11-3-5-16(13-26-20(28)18-6-2-4-15(18)12-25)19(27)14-7-9-17(10-8-14)21(22,23)24/h7-10,15-16,18-19H,2-6,11-13,25H2,1H3,(H,26,28)/t15-,16?,18-,19?/m1/s1. The van der Waals surface area contributed by atoms with E-state index in [0.717, 1.165) is 56.3 Å². The number of hydrogen-bond acceptors (Lipinski definition) is 3. The molecular weight excluding hydrogens is 367 g/mol. The minimum absolute atomic E-state index is 0.00385. The minimum Gasteiger partial charge on any atom is -0.356 e. The molecule has 1 saturated heterocycles. The number of hydrogen-bond donors (Lipinski definition) is 2. The van der Waals surface area contributed by atoms with Gasteiger partial charge >= 0.3 is 6.18 Å². The van der Waals surface area contributed by atoms with E-state index in [4.69, 9.17) is 5.73 Å². The topological polar surface area (TPSA) is 58.4 Å². The first kappa shape index (κ1) is 21.1. The van der Waals surface area contributed by atoms with E-state index in [0.29, 0.717) is 13.1 Å². The zero-order valence-corrected chi connectivity index (χ0v) is 16.3. The number of alkyl halides is 3. The van der Waals surface area contributed by atoms with Gasteiger partial charge in [0.1, 0.15) is 0 Å². The molecule has 0 spiro atoms. The summed E-state index contributed by atoms with van der Waals surface area (Å²) in [5.41, 5.74) is 6.03. The van der Waals surface area contributed by atoms with E-state index >= 15 is 0 Å². The van der Waals surface area contributed by atoms with Crippen LogP contribution in [0.15, 0.2) is 24.3 Å². The highest BCUT2D eigenvalue weighted by atomic mass is 19.4. The Morgan fingerprint density at radius 3 is 2.46 bits per heavy atom. The number of carbonyl (C=O) groups is 1. The second-order valence-corrected chi connectivity index (χ2v) is 8.23. The third-order valence-electron chi connectivity index (χ3n) is 6.42. The highest BCUT2D eigenvalue weighted by Gasteiger charge is 2.35. The largest absolute Gasteiger partial charge is 0.416 e. The first-order valence-electron chi connectivity index (χ1n) is 10.2. The van der Waals surface area contributed by atoms with Crippen molar-refractivity contribution in [1.29, 1.82) is 0 Å². The van der Waals surface area contributed by atoms with Crippen LogP contribution in [-0.2, 0) is 11.0 Å². The Hall–Kier alpha value is -1.60. The molecule has 7 heteroatoms. The predicted molar refractivity (Wildman–Crippen MR) is 102 cm³/mol. The predicted octanol–water partition coefficient (Wildman–Crippen LogP) is 3.58. The Kier molecular flexibility index (Phi) is 6.65. The molecule has 1 aliphatic carbocycles. The van der Waals surface area contributed by atoms with E-state index in [2.05, 4.69) is 10.2 Å². The average Bonchev–Trinajstić information content (AvgIpc) is 3.14. The molecule has 4 atom stereocenters. The highest BCUT2D eigenvalue weighted by molar-refractivity contribution is 5.79. The van der Waals surface area contributed by atoms with Gasteiger partial charge in [0.25, 0.3) is 0 Å². The number of nitrogens with one attached hydrogen (secondary N) is 1. The van der Waals surface area contributed by atoms with Gasteiger partial charge < -0.3 is 11.1 Å². The minimum atomic E-state index is -4.33. The molecule has 3 rings (SSSR count). The second-order valence-electron chi connectivity index (χ2n) is 8.23. The number of benzene rings is 1. The van der Waals surface area contributed by atoms with E-state index in [1.54, 1.807) is 12.1 Å². The van der Waals surface area contributed by atoms with E-state index in [-0.39, 0.29) is 29.7 Å². The molecule has 2 aliphatic rings. The molecule has 1 aliphatic heterocycles. The van der Waals surface area contributed by atoms with E-state index < -0.39 is 11.7 Å². The SMILES string of the molecule is CN1CCCC(CNC(=O)[C@@H]2CCC[C@@H]2CN)C1c1ccc(C(F)(F)F)cc1. The van der Waals surface area contributed by atoms with Gasteiger partial charge in [0, 0.05) is 18.5 Å². The van der Waals surface area contributed by atoms with Crippen LogP contribution in [0.1, 0.15) is 49.3 Å². The molecule has 1 amide bonds. The second kappa shape index (κ2) is 8.82. The molecule has 28 heavy (non-hydrogen) atoms. The molecule has 4 nitrogen and oxygen atoms in total. The maximum absolute atomic E-state index is 12.9. The van der Waals surface area contributed by atoms with Crippen LogP contribution in [0.3, 0.4) is 0 Å². The summed E-state index contributed by atoms with van der Waals surface area (Å²) in [7, 11) is 2.00. The van der Waals surface area contributed by atoms with Crippen molar-refractivity contribution in [3.05, 3.63) is 35.4 Å². The van der Waals surface area contributed by atoms with Crippen LogP contribution in [0.25, 0.3) is 0 Å². The maximum Gasteiger partial charge on any atom is 0.416 e. The van der Waals surface area contributed by atoms with Gasteiger partial charge in [-0.25, -0.2) is 0 Å². The number of rotatable bonds is 5.